The van der Waals surface area contributed by atoms with Crippen molar-refractivity contribution in [3.63, 3.8) is 0 Å². The van der Waals surface area contributed by atoms with Crippen LogP contribution in [0.3, 0.4) is 0 Å². The van der Waals surface area contributed by atoms with Crippen LogP contribution in [0.25, 0.3) is 0 Å². The molecule has 1 saturated carbocycles. The van der Waals surface area contributed by atoms with Crippen molar-refractivity contribution < 1.29 is 4.74 Å². The van der Waals surface area contributed by atoms with Gasteiger partial charge in [-0.15, -0.1) is 0 Å². The maximum atomic E-state index is 5.76. The molecule has 0 saturated heterocycles. The standard InChI is InChI=1S/C16H33NO/c1-8-18-16(6,7)12-17-13-9-14(2,3)11-15(4,5)10-13/h13,17H,8-12H2,1-7H3. The van der Waals surface area contributed by atoms with Gasteiger partial charge < -0.3 is 10.1 Å². The maximum Gasteiger partial charge on any atom is 0.0750 e. The van der Waals surface area contributed by atoms with Crippen molar-refractivity contribution in [2.75, 3.05) is 13.2 Å². The molecule has 0 bridgehead atoms. The SMILES string of the molecule is CCOC(C)(C)CNC1CC(C)(C)CC(C)(C)C1. The lowest BCUT2D eigenvalue weighted by atomic mass is 9.63. The summed E-state index contributed by atoms with van der Waals surface area (Å²) in [5.41, 5.74) is 0.852. The summed E-state index contributed by atoms with van der Waals surface area (Å²) >= 11 is 0. The molecule has 2 nitrogen and oxygen atoms in total. The highest BCUT2D eigenvalue weighted by molar-refractivity contribution is 4.93. The smallest absolute Gasteiger partial charge is 0.0750 e. The monoisotopic (exact) mass is 255 g/mol. The third kappa shape index (κ3) is 5.27. The minimum absolute atomic E-state index is 0.0551. The van der Waals surface area contributed by atoms with Crippen LogP contribution >= 0.6 is 0 Å². The molecular weight excluding hydrogens is 222 g/mol. The van der Waals surface area contributed by atoms with Crippen molar-refractivity contribution in [3.8, 4) is 0 Å². The van der Waals surface area contributed by atoms with E-state index in [-0.39, 0.29) is 5.60 Å². The van der Waals surface area contributed by atoms with E-state index in [2.05, 4.69) is 53.8 Å². The van der Waals surface area contributed by atoms with Crippen LogP contribution < -0.4 is 5.32 Å². The highest BCUT2D eigenvalue weighted by Gasteiger charge is 2.38. The summed E-state index contributed by atoms with van der Waals surface area (Å²) in [7, 11) is 0. The first-order valence-electron chi connectivity index (χ1n) is 7.43. The van der Waals surface area contributed by atoms with E-state index in [9.17, 15) is 0 Å². The predicted octanol–water partition coefficient (Wildman–Crippen LogP) is 4.00. The van der Waals surface area contributed by atoms with Crippen molar-refractivity contribution >= 4 is 0 Å². The highest BCUT2D eigenvalue weighted by atomic mass is 16.5. The molecule has 108 valence electrons. The van der Waals surface area contributed by atoms with Gasteiger partial charge in [-0.25, -0.2) is 0 Å². The zero-order valence-corrected chi connectivity index (χ0v) is 13.5. The highest BCUT2D eigenvalue weighted by Crippen LogP contribution is 2.45. The molecule has 18 heavy (non-hydrogen) atoms. The van der Waals surface area contributed by atoms with E-state index in [4.69, 9.17) is 4.74 Å². The van der Waals surface area contributed by atoms with Crippen LogP contribution in [0.15, 0.2) is 0 Å². The summed E-state index contributed by atoms with van der Waals surface area (Å²) in [4.78, 5) is 0. The third-order valence-corrected chi connectivity index (χ3v) is 3.91. The van der Waals surface area contributed by atoms with Crippen molar-refractivity contribution in [2.24, 2.45) is 10.8 Å². The molecule has 0 aromatic rings. The molecule has 1 fully saturated rings. The second-order valence-corrected chi connectivity index (χ2v) is 8.18. The Morgan fingerprint density at radius 2 is 1.61 bits per heavy atom. The number of rotatable bonds is 5. The van der Waals surface area contributed by atoms with Gasteiger partial charge in [-0.05, 0) is 50.9 Å². The number of hydrogen-bond donors (Lipinski definition) is 1. The molecule has 0 aromatic heterocycles. The molecule has 0 spiro atoms. The summed E-state index contributed by atoms with van der Waals surface area (Å²) in [6.07, 6.45) is 3.88. The number of ether oxygens (including phenoxy) is 1. The van der Waals surface area contributed by atoms with Crippen LogP contribution in [0.5, 0.6) is 0 Å². The Labute approximate surface area is 114 Å². The fourth-order valence-electron chi connectivity index (χ4n) is 3.82. The molecule has 0 atom stereocenters. The van der Waals surface area contributed by atoms with E-state index in [1.54, 1.807) is 0 Å². The van der Waals surface area contributed by atoms with E-state index in [0.717, 1.165) is 13.2 Å². The molecule has 1 rings (SSSR count). The van der Waals surface area contributed by atoms with Gasteiger partial charge in [0.05, 0.1) is 5.60 Å². The number of hydrogen-bond acceptors (Lipinski definition) is 2. The fraction of sp³-hybridized carbons (Fsp3) is 1.00. The molecular formula is C16H33NO. The first-order valence-corrected chi connectivity index (χ1v) is 7.43. The molecule has 2 heteroatoms. The summed E-state index contributed by atoms with van der Waals surface area (Å²) in [6, 6.07) is 0.628. The maximum absolute atomic E-state index is 5.76. The summed E-state index contributed by atoms with van der Waals surface area (Å²) in [6.45, 7) is 17.7. The topological polar surface area (TPSA) is 21.3 Å². The van der Waals surface area contributed by atoms with Gasteiger partial charge in [0.15, 0.2) is 0 Å². The molecule has 1 aliphatic rings. The van der Waals surface area contributed by atoms with Crippen LogP contribution in [0, 0.1) is 10.8 Å². The Kier molecular flexibility index (Phi) is 4.88. The quantitative estimate of drug-likeness (QED) is 0.802. The molecule has 0 heterocycles. The molecule has 0 unspecified atom stereocenters. The minimum Gasteiger partial charge on any atom is -0.375 e. The van der Waals surface area contributed by atoms with E-state index in [0.29, 0.717) is 16.9 Å². The Hall–Kier alpha value is -0.0800. The molecule has 0 radical (unpaired) electrons. The molecule has 1 N–H and O–H groups in total. The van der Waals surface area contributed by atoms with Gasteiger partial charge in [0.25, 0.3) is 0 Å². The van der Waals surface area contributed by atoms with E-state index >= 15 is 0 Å². The van der Waals surface area contributed by atoms with Crippen molar-refractivity contribution in [1.82, 2.24) is 5.32 Å². The molecule has 0 amide bonds. The normalized spacial score (nSPS) is 24.2. The van der Waals surface area contributed by atoms with E-state index < -0.39 is 0 Å². The average Bonchev–Trinajstić information content (AvgIpc) is 2.10. The van der Waals surface area contributed by atoms with Gasteiger partial charge in [-0.1, -0.05) is 27.7 Å². The first kappa shape index (κ1) is 16.0. The van der Waals surface area contributed by atoms with Crippen LogP contribution in [0.4, 0.5) is 0 Å². The van der Waals surface area contributed by atoms with Crippen molar-refractivity contribution in [1.29, 1.82) is 0 Å². The van der Waals surface area contributed by atoms with Gasteiger partial charge in [-0.2, -0.15) is 0 Å². The van der Waals surface area contributed by atoms with Gasteiger partial charge in [0.1, 0.15) is 0 Å². The van der Waals surface area contributed by atoms with Crippen molar-refractivity contribution in [3.05, 3.63) is 0 Å². The molecule has 0 aromatic carbocycles. The van der Waals surface area contributed by atoms with Crippen LogP contribution in [0.2, 0.25) is 0 Å². The van der Waals surface area contributed by atoms with E-state index in [1.807, 2.05) is 0 Å². The summed E-state index contributed by atoms with van der Waals surface area (Å²) in [5, 5.41) is 3.73. The molecule has 0 aliphatic heterocycles. The van der Waals surface area contributed by atoms with Crippen LogP contribution in [-0.4, -0.2) is 24.8 Å². The first-order chi connectivity index (χ1) is 8.05. The largest absolute Gasteiger partial charge is 0.375 e. The van der Waals surface area contributed by atoms with Gasteiger partial charge in [0, 0.05) is 19.2 Å². The second-order valence-electron chi connectivity index (χ2n) is 8.18. The lowest BCUT2D eigenvalue weighted by Gasteiger charge is -2.46. The lowest BCUT2D eigenvalue weighted by molar-refractivity contribution is -0.0160. The lowest BCUT2D eigenvalue weighted by Crippen LogP contribution is -2.48. The number of nitrogens with one attached hydrogen (secondary N) is 1. The zero-order chi connectivity index (χ0) is 14.0. The summed E-state index contributed by atoms with van der Waals surface area (Å²) < 4.78 is 5.76. The summed E-state index contributed by atoms with van der Waals surface area (Å²) in [5.74, 6) is 0. The van der Waals surface area contributed by atoms with E-state index in [1.165, 1.54) is 19.3 Å². The Morgan fingerprint density at radius 3 is 2.06 bits per heavy atom. The minimum atomic E-state index is -0.0551. The van der Waals surface area contributed by atoms with Gasteiger partial charge >= 0.3 is 0 Å². The van der Waals surface area contributed by atoms with Gasteiger partial charge in [-0.3, -0.25) is 0 Å². The zero-order valence-electron chi connectivity index (χ0n) is 13.5. The third-order valence-electron chi connectivity index (χ3n) is 3.91. The Morgan fingerprint density at radius 1 is 1.11 bits per heavy atom. The Balaban J connectivity index is 2.52. The average molecular weight is 255 g/mol. The Bertz CT molecular complexity index is 252. The van der Waals surface area contributed by atoms with Crippen molar-refractivity contribution in [2.45, 2.75) is 79.4 Å². The predicted molar refractivity (Wildman–Crippen MR) is 78.9 cm³/mol. The van der Waals surface area contributed by atoms with Crippen LogP contribution in [0.1, 0.15) is 67.7 Å². The van der Waals surface area contributed by atoms with Crippen LogP contribution in [-0.2, 0) is 4.74 Å². The van der Waals surface area contributed by atoms with Gasteiger partial charge in [0.2, 0.25) is 0 Å². The second kappa shape index (κ2) is 5.50. The molecule has 1 aliphatic carbocycles. The fourth-order valence-corrected chi connectivity index (χ4v) is 3.82.